The fourth-order valence-electron chi connectivity index (χ4n) is 1.87. The molecule has 0 radical (unpaired) electrons. The molecule has 0 atom stereocenters. The van der Waals surface area contributed by atoms with Crippen LogP contribution in [0.15, 0.2) is 28.7 Å². The van der Waals surface area contributed by atoms with Gasteiger partial charge in [-0.1, -0.05) is 41.4 Å². The Balaban J connectivity index is 2.00. The van der Waals surface area contributed by atoms with E-state index >= 15 is 0 Å². The fraction of sp³-hybridized carbons (Fsp3) is 0.625. The molecule has 0 heterocycles. The molecule has 4 heteroatoms. The maximum absolute atomic E-state index is 5.51. The summed E-state index contributed by atoms with van der Waals surface area (Å²) in [6.45, 7) is 7.87. The number of rotatable bonds is 11. The molecule has 0 aromatic heterocycles. The van der Waals surface area contributed by atoms with Gasteiger partial charge in [0.1, 0.15) is 0 Å². The monoisotopic (exact) mass is 342 g/mol. The number of benzene rings is 1. The van der Waals surface area contributed by atoms with Gasteiger partial charge in [-0.25, -0.2) is 0 Å². The molecule has 0 bridgehead atoms. The SMILES string of the molecule is CCCCOCCNCCN(C)Cc1ccc(Br)cc1. The van der Waals surface area contributed by atoms with E-state index in [2.05, 4.69) is 64.4 Å². The van der Waals surface area contributed by atoms with Crippen LogP contribution in [0.4, 0.5) is 0 Å². The lowest BCUT2D eigenvalue weighted by Crippen LogP contribution is -2.30. The van der Waals surface area contributed by atoms with Gasteiger partial charge in [0.15, 0.2) is 0 Å². The van der Waals surface area contributed by atoms with E-state index in [4.69, 9.17) is 4.74 Å². The van der Waals surface area contributed by atoms with Crippen molar-refractivity contribution >= 4 is 15.9 Å². The van der Waals surface area contributed by atoms with Gasteiger partial charge < -0.3 is 15.0 Å². The van der Waals surface area contributed by atoms with Gasteiger partial charge in [-0.05, 0) is 31.2 Å². The molecule has 3 nitrogen and oxygen atoms in total. The summed E-state index contributed by atoms with van der Waals surface area (Å²) in [5, 5.41) is 3.41. The first-order valence-electron chi connectivity index (χ1n) is 7.44. The Labute approximate surface area is 131 Å². The van der Waals surface area contributed by atoms with Gasteiger partial charge in [-0.2, -0.15) is 0 Å². The van der Waals surface area contributed by atoms with E-state index in [-0.39, 0.29) is 0 Å². The van der Waals surface area contributed by atoms with Crippen molar-refractivity contribution in [3.8, 4) is 0 Å². The van der Waals surface area contributed by atoms with Gasteiger partial charge in [-0.3, -0.25) is 0 Å². The van der Waals surface area contributed by atoms with Crippen LogP contribution >= 0.6 is 15.9 Å². The van der Waals surface area contributed by atoms with Gasteiger partial charge in [-0.15, -0.1) is 0 Å². The normalized spacial score (nSPS) is 11.2. The molecule has 0 saturated heterocycles. The average molecular weight is 343 g/mol. The Hall–Kier alpha value is -0.420. The molecule has 114 valence electrons. The van der Waals surface area contributed by atoms with Crippen molar-refractivity contribution in [1.29, 1.82) is 0 Å². The molecule has 0 saturated carbocycles. The van der Waals surface area contributed by atoms with Crippen molar-refractivity contribution in [3.05, 3.63) is 34.3 Å². The van der Waals surface area contributed by atoms with E-state index in [1.54, 1.807) is 0 Å². The molecule has 0 aliphatic heterocycles. The van der Waals surface area contributed by atoms with Gasteiger partial charge in [0.2, 0.25) is 0 Å². The van der Waals surface area contributed by atoms with E-state index in [0.717, 1.165) is 50.3 Å². The summed E-state index contributed by atoms with van der Waals surface area (Å²) in [6.07, 6.45) is 2.37. The molecule has 20 heavy (non-hydrogen) atoms. The third-order valence-corrected chi connectivity index (χ3v) is 3.63. The minimum atomic E-state index is 0.816. The molecule has 0 aliphatic rings. The van der Waals surface area contributed by atoms with Gasteiger partial charge in [0, 0.05) is 37.3 Å². The highest BCUT2D eigenvalue weighted by molar-refractivity contribution is 9.10. The van der Waals surface area contributed by atoms with Crippen LogP contribution in [0, 0.1) is 0 Å². The number of hydrogen-bond acceptors (Lipinski definition) is 3. The predicted octanol–water partition coefficient (Wildman–Crippen LogP) is 3.29. The van der Waals surface area contributed by atoms with Crippen LogP contribution in [0.5, 0.6) is 0 Å². The van der Waals surface area contributed by atoms with E-state index in [1.807, 2.05) is 0 Å². The molecule has 0 fully saturated rings. The standard InChI is InChI=1S/C16H27BrN2O/c1-3-4-12-20-13-10-18-9-11-19(2)14-15-5-7-16(17)8-6-15/h5-8,18H,3-4,9-14H2,1-2H3. The molecular formula is C16H27BrN2O. The number of likely N-dealkylation sites (N-methyl/N-ethyl adjacent to an activating group) is 1. The summed E-state index contributed by atoms with van der Waals surface area (Å²) in [4.78, 5) is 2.33. The summed E-state index contributed by atoms with van der Waals surface area (Å²) in [5.41, 5.74) is 1.35. The highest BCUT2D eigenvalue weighted by Gasteiger charge is 2.00. The van der Waals surface area contributed by atoms with Crippen molar-refractivity contribution in [2.45, 2.75) is 26.3 Å². The molecule has 0 unspecified atom stereocenters. The van der Waals surface area contributed by atoms with Crippen LogP contribution < -0.4 is 5.32 Å². The predicted molar refractivity (Wildman–Crippen MR) is 89.1 cm³/mol. The molecule has 1 aromatic rings. The third-order valence-electron chi connectivity index (χ3n) is 3.10. The number of unbranched alkanes of at least 4 members (excludes halogenated alkanes) is 1. The Morgan fingerprint density at radius 1 is 1.15 bits per heavy atom. The molecule has 1 rings (SSSR count). The van der Waals surface area contributed by atoms with Crippen molar-refractivity contribution < 1.29 is 4.74 Å². The first-order valence-corrected chi connectivity index (χ1v) is 8.23. The maximum Gasteiger partial charge on any atom is 0.0590 e. The minimum absolute atomic E-state index is 0.816. The van der Waals surface area contributed by atoms with Crippen LogP contribution in [-0.2, 0) is 11.3 Å². The van der Waals surface area contributed by atoms with Gasteiger partial charge >= 0.3 is 0 Å². The first kappa shape index (κ1) is 17.6. The third kappa shape index (κ3) is 8.69. The number of hydrogen-bond donors (Lipinski definition) is 1. The second kappa shape index (κ2) is 11.3. The molecule has 1 N–H and O–H groups in total. The summed E-state index contributed by atoms with van der Waals surface area (Å²) >= 11 is 3.46. The highest BCUT2D eigenvalue weighted by Crippen LogP contribution is 2.11. The quantitative estimate of drug-likeness (QED) is 0.624. The second-order valence-corrected chi connectivity index (χ2v) is 6.00. The smallest absolute Gasteiger partial charge is 0.0590 e. The minimum Gasteiger partial charge on any atom is -0.380 e. The van der Waals surface area contributed by atoms with E-state index in [9.17, 15) is 0 Å². The molecule has 1 aromatic carbocycles. The zero-order chi connectivity index (χ0) is 14.6. The van der Waals surface area contributed by atoms with Crippen molar-refractivity contribution in [2.24, 2.45) is 0 Å². The Morgan fingerprint density at radius 3 is 2.60 bits per heavy atom. The summed E-state index contributed by atoms with van der Waals surface area (Å²) < 4.78 is 6.64. The van der Waals surface area contributed by atoms with E-state index in [1.165, 1.54) is 12.0 Å². The Bertz CT molecular complexity index is 343. The van der Waals surface area contributed by atoms with Crippen LogP contribution in [0.3, 0.4) is 0 Å². The zero-order valence-electron chi connectivity index (χ0n) is 12.7. The van der Waals surface area contributed by atoms with Crippen molar-refractivity contribution in [1.82, 2.24) is 10.2 Å². The van der Waals surface area contributed by atoms with Crippen molar-refractivity contribution in [3.63, 3.8) is 0 Å². The first-order chi connectivity index (χ1) is 9.72. The van der Waals surface area contributed by atoms with Gasteiger partial charge in [0.25, 0.3) is 0 Å². The van der Waals surface area contributed by atoms with Gasteiger partial charge in [0.05, 0.1) is 6.61 Å². The number of nitrogens with zero attached hydrogens (tertiary/aromatic N) is 1. The number of halogens is 1. The number of nitrogens with one attached hydrogen (secondary N) is 1. The summed E-state index contributed by atoms with van der Waals surface area (Å²) in [7, 11) is 2.15. The molecular weight excluding hydrogens is 316 g/mol. The van der Waals surface area contributed by atoms with Crippen molar-refractivity contribution in [2.75, 3.05) is 39.9 Å². The number of ether oxygens (including phenoxy) is 1. The molecule has 0 amide bonds. The van der Waals surface area contributed by atoms with E-state index in [0.29, 0.717) is 0 Å². The lowest BCUT2D eigenvalue weighted by atomic mass is 10.2. The fourth-order valence-corrected chi connectivity index (χ4v) is 2.13. The Morgan fingerprint density at radius 2 is 1.90 bits per heavy atom. The zero-order valence-corrected chi connectivity index (χ0v) is 14.3. The van der Waals surface area contributed by atoms with Crippen LogP contribution in [0.25, 0.3) is 0 Å². The highest BCUT2D eigenvalue weighted by atomic mass is 79.9. The van der Waals surface area contributed by atoms with Crippen LogP contribution in [0.2, 0.25) is 0 Å². The largest absolute Gasteiger partial charge is 0.380 e. The van der Waals surface area contributed by atoms with Crippen LogP contribution in [-0.4, -0.2) is 44.8 Å². The maximum atomic E-state index is 5.51. The summed E-state index contributed by atoms with van der Waals surface area (Å²) in [6, 6.07) is 8.51. The van der Waals surface area contributed by atoms with Crippen LogP contribution in [0.1, 0.15) is 25.3 Å². The molecule has 0 spiro atoms. The lowest BCUT2D eigenvalue weighted by Gasteiger charge is -2.17. The average Bonchev–Trinajstić information content (AvgIpc) is 2.44. The lowest BCUT2D eigenvalue weighted by molar-refractivity contribution is 0.132. The summed E-state index contributed by atoms with van der Waals surface area (Å²) in [5.74, 6) is 0. The van der Waals surface area contributed by atoms with E-state index < -0.39 is 0 Å². The molecule has 0 aliphatic carbocycles. The Kier molecular flexibility index (Phi) is 9.93. The second-order valence-electron chi connectivity index (χ2n) is 5.08. The topological polar surface area (TPSA) is 24.5 Å².